The topological polar surface area (TPSA) is 86.6 Å². The molecule has 5 aliphatic carbocycles. The third-order valence-electron chi connectivity index (χ3n) is 16.6. The van der Waals surface area contributed by atoms with Crippen molar-refractivity contribution in [2.75, 3.05) is 6.54 Å². The second-order valence-electron chi connectivity index (χ2n) is 19.2. The SMILES string of the molecule is C=C(C)[C@@H]1CC[C@]2(C(=O)NCCCCCCCCCCCCC(=O)O)CC[C@]3(C)[C@H](CCC4[C@@]5(C)CC[C@H](O)C(C)(C)[C@@H]5CC[C@]43C)[C@@H]12. The smallest absolute Gasteiger partial charge is 0.303 e. The van der Waals surface area contributed by atoms with Crippen LogP contribution in [0.3, 0.4) is 0 Å². The summed E-state index contributed by atoms with van der Waals surface area (Å²) in [5, 5.41) is 23.3. The van der Waals surface area contributed by atoms with Crippen molar-refractivity contribution in [3.8, 4) is 0 Å². The molecule has 5 nitrogen and oxygen atoms in total. The Kier molecular flexibility index (Phi) is 11.6. The van der Waals surface area contributed by atoms with Gasteiger partial charge in [-0.15, -0.1) is 0 Å². The summed E-state index contributed by atoms with van der Waals surface area (Å²) in [7, 11) is 0. The highest BCUT2D eigenvalue weighted by atomic mass is 16.4. The summed E-state index contributed by atoms with van der Waals surface area (Å²) in [5.41, 5.74) is 1.82. The maximum Gasteiger partial charge on any atom is 0.303 e. The third-order valence-corrected chi connectivity index (χ3v) is 16.6. The van der Waals surface area contributed by atoms with Crippen molar-refractivity contribution in [3.05, 3.63) is 12.2 Å². The number of aliphatic hydroxyl groups is 1. The van der Waals surface area contributed by atoms with E-state index in [2.05, 4.69) is 53.4 Å². The molecule has 1 amide bonds. The number of unbranched alkanes of at least 4 members (excludes halogenated alkanes) is 9. The molecule has 1 unspecified atom stereocenters. The van der Waals surface area contributed by atoms with E-state index in [1.54, 1.807) is 0 Å². The molecular weight excluding hydrogens is 594 g/mol. The predicted molar refractivity (Wildman–Crippen MR) is 196 cm³/mol. The van der Waals surface area contributed by atoms with E-state index in [-0.39, 0.29) is 33.2 Å². The standard InChI is InChI=1S/C43H73NO4/c1-30(2)31-21-26-43(38(48)44-29-17-15-13-11-9-8-10-12-14-16-18-36(46)47)28-27-41(6)32(37(31)43)19-20-34-40(5)24-23-35(45)39(3,4)33(40)22-25-42(34,41)7/h31-35,37,45H,1,8-29H2,2-7H3,(H,44,48)(H,46,47)/t31-,32+,33-,34?,35-,37+,40-,41+,42+,43-/m0/s1. The average molecular weight is 668 g/mol. The van der Waals surface area contributed by atoms with Crippen molar-refractivity contribution in [3.63, 3.8) is 0 Å². The van der Waals surface area contributed by atoms with E-state index in [1.165, 1.54) is 76.2 Å². The number of allylic oxidation sites excluding steroid dienone is 1. The van der Waals surface area contributed by atoms with E-state index < -0.39 is 5.97 Å². The number of rotatable bonds is 15. The quantitative estimate of drug-likeness (QED) is 0.120. The number of carbonyl (C=O) groups excluding carboxylic acids is 1. The molecule has 274 valence electrons. The molecule has 10 atom stereocenters. The van der Waals surface area contributed by atoms with Gasteiger partial charge in [-0.25, -0.2) is 0 Å². The van der Waals surface area contributed by atoms with Crippen molar-refractivity contribution >= 4 is 11.9 Å². The molecule has 0 heterocycles. The predicted octanol–water partition coefficient (Wildman–Crippen LogP) is 10.5. The maximum atomic E-state index is 14.4. The van der Waals surface area contributed by atoms with Crippen LogP contribution in [-0.2, 0) is 9.59 Å². The van der Waals surface area contributed by atoms with Gasteiger partial charge in [0.25, 0.3) is 0 Å². The lowest BCUT2D eigenvalue weighted by Crippen LogP contribution is -2.67. The molecule has 0 aromatic heterocycles. The number of fused-ring (bicyclic) bond motifs is 7. The lowest BCUT2D eigenvalue weighted by molar-refractivity contribution is -0.246. The zero-order valence-electron chi connectivity index (χ0n) is 31.9. The van der Waals surface area contributed by atoms with Gasteiger partial charge in [0.05, 0.1) is 11.5 Å². The molecule has 0 radical (unpaired) electrons. The average Bonchev–Trinajstić information content (AvgIpc) is 3.43. The number of carboxylic acid groups (broad SMARTS) is 1. The van der Waals surface area contributed by atoms with Crippen LogP contribution in [0.15, 0.2) is 12.2 Å². The van der Waals surface area contributed by atoms with Gasteiger partial charge in [-0.2, -0.15) is 0 Å². The van der Waals surface area contributed by atoms with Crippen molar-refractivity contribution < 1.29 is 19.8 Å². The normalized spacial score (nSPS) is 41.4. The molecule has 0 saturated heterocycles. The lowest BCUT2D eigenvalue weighted by atomic mass is 9.32. The van der Waals surface area contributed by atoms with Gasteiger partial charge in [-0.1, -0.05) is 98.1 Å². The fraction of sp³-hybridized carbons (Fsp3) is 0.907. The van der Waals surface area contributed by atoms with E-state index in [4.69, 9.17) is 5.11 Å². The Hall–Kier alpha value is -1.36. The third kappa shape index (κ3) is 6.58. The zero-order chi connectivity index (χ0) is 35.0. The van der Waals surface area contributed by atoms with E-state index in [9.17, 15) is 14.7 Å². The van der Waals surface area contributed by atoms with E-state index in [0.29, 0.717) is 41.9 Å². The highest BCUT2D eigenvalue weighted by Gasteiger charge is 2.71. The number of nitrogens with one attached hydrogen (secondary N) is 1. The number of hydrogen-bond donors (Lipinski definition) is 3. The van der Waals surface area contributed by atoms with Crippen LogP contribution >= 0.6 is 0 Å². The number of hydrogen-bond acceptors (Lipinski definition) is 3. The fourth-order valence-corrected chi connectivity index (χ4v) is 13.7. The van der Waals surface area contributed by atoms with Crippen LogP contribution in [0.5, 0.6) is 0 Å². The van der Waals surface area contributed by atoms with Crippen molar-refractivity contribution in [1.82, 2.24) is 5.32 Å². The summed E-state index contributed by atoms with van der Waals surface area (Å²) in [5.74, 6) is 2.37. The highest BCUT2D eigenvalue weighted by Crippen LogP contribution is 2.77. The molecule has 5 heteroatoms. The van der Waals surface area contributed by atoms with E-state index >= 15 is 0 Å². The van der Waals surface area contributed by atoms with Gasteiger partial charge in [0, 0.05) is 13.0 Å². The molecule has 0 aliphatic heterocycles. The van der Waals surface area contributed by atoms with Gasteiger partial charge in [0.15, 0.2) is 0 Å². The number of aliphatic carboxylic acids is 1. The zero-order valence-corrected chi connectivity index (χ0v) is 31.9. The molecule has 5 aliphatic rings. The summed E-state index contributed by atoms with van der Waals surface area (Å²) in [6.07, 6.45) is 23.0. The number of carboxylic acids is 1. The van der Waals surface area contributed by atoms with Crippen molar-refractivity contribution in [1.29, 1.82) is 0 Å². The highest BCUT2D eigenvalue weighted by molar-refractivity contribution is 5.83. The lowest BCUT2D eigenvalue weighted by Gasteiger charge is -2.72. The van der Waals surface area contributed by atoms with Gasteiger partial charge < -0.3 is 15.5 Å². The molecule has 0 aromatic rings. The van der Waals surface area contributed by atoms with Crippen LogP contribution in [0, 0.1) is 56.7 Å². The molecule has 5 fully saturated rings. The first-order chi connectivity index (χ1) is 22.6. The molecule has 5 rings (SSSR count). The molecule has 0 aromatic carbocycles. The van der Waals surface area contributed by atoms with Gasteiger partial charge in [-0.05, 0) is 135 Å². The number of aliphatic hydroxyl groups excluding tert-OH is 1. The first-order valence-electron chi connectivity index (χ1n) is 20.5. The Morgan fingerprint density at radius 2 is 1.33 bits per heavy atom. The number of amides is 1. The van der Waals surface area contributed by atoms with Crippen molar-refractivity contribution in [2.24, 2.45) is 56.7 Å². The first kappa shape index (κ1) is 37.9. The summed E-state index contributed by atoms with van der Waals surface area (Å²) in [6.45, 7) is 20.2. The minimum absolute atomic E-state index is 0.0199. The second-order valence-corrected chi connectivity index (χ2v) is 19.2. The van der Waals surface area contributed by atoms with Crippen molar-refractivity contribution in [2.45, 2.75) is 182 Å². The molecule has 0 bridgehead atoms. The van der Waals surface area contributed by atoms with Crippen LogP contribution < -0.4 is 5.32 Å². The number of carbonyl (C=O) groups is 2. The van der Waals surface area contributed by atoms with Gasteiger partial charge >= 0.3 is 5.97 Å². The fourth-order valence-electron chi connectivity index (χ4n) is 13.7. The Balaban J connectivity index is 1.18. The summed E-state index contributed by atoms with van der Waals surface area (Å²) in [4.78, 5) is 25.0. The van der Waals surface area contributed by atoms with Gasteiger partial charge in [0.1, 0.15) is 0 Å². The van der Waals surface area contributed by atoms with Crippen LogP contribution in [0.4, 0.5) is 0 Å². The first-order valence-corrected chi connectivity index (χ1v) is 20.5. The Bertz CT molecular complexity index is 1160. The minimum Gasteiger partial charge on any atom is -0.481 e. The molecular formula is C43H73NO4. The van der Waals surface area contributed by atoms with E-state index in [0.717, 1.165) is 64.3 Å². The summed E-state index contributed by atoms with van der Waals surface area (Å²) >= 11 is 0. The summed E-state index contributed by atoms with van der Waals surface area (Å²) in [6, 6.07) is 0. The largest absolute Gasteiger partial charge is 0.481 e. The monoisotopic (exact) mass is 668 g/mol. The van der Waals surface area contributed by atoms with Gasteiger partial charge in [0.2, 0.25) is 5.91 Å². The van der Waals surface area contributed by atoms with Gasteiger partial charge in [-0.3, -0.25) is 9.59 Å². The Morgan fingerprint density at radius 3 is 1.96 bits per heavy atom. The minimum atomic E-state index is -0.679. The maximum absolute atomic E-state index is 14.4. The van der Waals surface area contributed by atoms with E-state index in [1.807, 2.05) is 0 Å². The van der Waals surface area contributed by atoms with Crippen LogP contribution in [0.25, 0.3) is 0 Å². The molecule has 5 saturated carbocycles. The van der Waals surface area contributed by atoms with Crippen LogP contribution in [0.1, 0.15) is 176 Å². The Morgan fingerprint density at radius 1 is 0.708 bits per heavy atom. The molecule has 48 heavy (non-hydrogen) atoms. The molecule has 0 spiro atoms. The van der Waals surface area contributed by atoms with Crippen LogP contribution in [-0.4, -0.2) is 34.7 Å². The summed E-state index contributed by atoms with van der Waals surface area (Å²) < 4.78 is 0. The Labute approximate surface area is 294 Å². The van der Waals surface area contributed by atoms with Crippen LogP contribution in [0.2, 0.25) is 0 Å². The second kappa shape index (κ2) is 14.7. The molecule has 3 N–H and O–H groups in total.